The van der Waals surface area contributed by atoms with Crippen LogP contribution in [0.2, 0.25) is 0 Å². The van der Waals surface area contributed by atoms with E-state index in [9.17, 15) is 38.7 Å². The van der Waals surface area contributed by atoms with E-state index in [-0.39, 0.29) is 30.4 Å². The second-order valence-corrected chi connectivity index (χ2v) is 15.1. The van der Waals surface area contributed by atoms with E-state index in [1.807, 2.05) is 20.8 Å². The lowest BCUT2D eigenvalue weighted by molar-refractivity contribution is -0.386. The van der Waals surface area contributed by atoms with E-state index in [0.717, 1.165) is 0 Å². The number of hydrogen-bond donors (Lipinski definition) is 6. The summed E-state index contributed by atoms with van der Waals surface area (Å²) in [6.07, 6.45) is -2.91. The van der Waals surface area contributed by atoms with Gasteiger partial charge in [0.1, 0.15) is 24.0 Å². The first kappa shape index (κ1) is 36.1. The van der Waals surface area contributed by atoms with Gasteiger partial charge in [0.2, 0.25) is 0 Å². The van der Waals surface area contributed by atoms with Crippen molar-refractivity contribution in [3.63, 3.8) is 0 Å². The van der Waals surface area contributed by atoms with Gasteiger partial charge < -0.3 is 44.8 Å². The number of aliphatic imine (C=N–C) groups is 1. The third-order valence-corrected chi connectivity index (χ3v) is 9.91. The number of phosphoric acid groups is 3. The standard InChI is InChI=1S/C22H33N4O15P3/c1-13-24-21(23)14(11-37-20(22(2,3)4)15-7-5-6-8-16(15)26(28)29)10-25(13)19-9-17(27)18(39-19)12-38-43(33,34)41-44(35,36)40-42(30,31)32/h5-8,10,17-20,27H,1,9,11-12H2,2-4H3,(H2,23,24)(H,33,34)(H,35,36)(H2,30,31,32)/t17-,18-,19-,20+/m1/s1. The Morgan fingerprint density at radius 1 is 1.18 bits per heavy atom. The maximum absolute atomic E-state index is 12.0. The number of rotatable bonds is 13. The van der Waals surface area contributed by atoms with Crippen molar-refractivity contribution in [3.8, 4) is 0 Å². The Bertz CT molecular complexity index is 1470. The quantitative estimate of drug-likeness (QED) is 0.0987. The highest BCUT2D eigenvalue weighted by Crippen LogP contribution is 2.66. The minimum atomic E-state index is -5.72. The molecule has 0 aliphatic carbocycles. The summed E-state index contributed by atoms with van der Waals surface area (Å²) in [5, 5.41) is 22.1. The van der Waals surface area contributed by atoms with Crippen LogP contribution in [0.25, 0.3) is 0 Å². The van der Waals surface area contributed by atoms with Crippen molar-refractivity contribution >= 4 is 35.0 Å². The Morgan fingerprint density at radius 2 is 1.82 bits per heavy atom. The zero-order valence-corrected chi connectivity index (χ0v) is 26.3. The summed E-state index contributed by atoms with van der Waals surface area (Å²) in [6.45, 7) is 8.36. The Balaban J connectivity index is 1.71. The Morgan fingerprint density at radius 3 is 2.41 bits per heavy atom. The van der Waals surface area contributed by atoms with Gasteiger partial charge in [0.05, 0.1) is 35.9 Å². The summed E-state index contributed by atoms with van der Waals surface area (Å²) < 4.78 is 58.1. The van der Waals surface area contributed by atoms with E-state index in [1.54, 1.807) is 18.2 Å². The van der Waals surface area contributed by atoms with Crippen LogP contribution in [0.15, 0.2) is 53.4 Å². The molecule has 3 rings (SSSR count). The van der Waals surface area contributed by atoms with Crippen LogP contribution < -0.4 is 5.73 Å². The SMILES string of the molecule is C=C1N=C(N)C(CO[C@@H](c2ccccc2[N+](=O)[O-])C(C)(C)C)=CN1[C@H]1C[C@@H](O)[C@@H](COP(=O)(O)OP(=O)(O)OP(=O)(O)O)O1. The summed E-state index contributed by atoms with van der Waals surface area (Å²) in [5.74, 6) is 0.146. The van der Waals surface area contributed by atoms with Gasteiger partial charge in [0, 0.05) is 24.3 Å². The fourth-order valence-corrected chi connectivity index (χ4v) is 7.33. The van der Waals surface area contributed by atoms with Crippen molar-refractivity contribution in [2.75, 3.05) is 13.2 Å². The summed E-state index contributed by atoms with van der Waals surface area (Å²) in [5.41, 5.74) is 6.12. The summed E-state index contributed by atoms with van der Waals surface area (Å²) in [7, 11) is -16.7. The number of nitro groups is 1. The maximum Gasteiger partial charge on any atom is 0.490 e. The molecule has 1 aromatic rings. The van der Waals surface area contributed by atoms with Crippen molar-refractivity contribution in [1.82, 2.24) is 4.90 Å². The highest BCUT2D eigenvalue weighted by Gasteiger charge is 2.44. The largest absolute Gasteiger partial charge is 0.490 e. The third-order valence-electron chi connectivity index (χ3n) is 6.11. The predicted octanol–water partition coefficient (Wildman–Crippen LogP) is 2.55. The number of hydrogen-bond acceptors (Lipinski definition) is 14. The number of nitrogens with zero attached hydrogens (tertiary/aromatic N) is 3. The van der Waals surface area contributed by atoms with Gasteiger partial charge in [-0.1, -0.05) is 39.5 Å². The Labute approximate surface area is 251 Å². The molecule has 44 heavy (non-hydrogen) atoms. The number of phosphoric ester groups is 1. The highest BCUT2D eigenvalue weighted by atomic mass is 31.3. The minimum absolute atomic E-state index is 0.0456. The van der Waals surface area contributed by atoms with E-state index in [2.05, 4.69) is 24.7 Å². The fourth-order valence-electron chi connectivity index (χ4n) is 4.30. The molecule has 19 nitrogen and oxygen atoms in total. The zero-order chi connectivity index (χ0) is 33.3. The maximum atomic E-state index is 12.0. The second-order valence-electron chi connectivity index (χ2n) is 10.7. The fraction of sp³-hybridized carbons (Fsp3) is 0.500. The van der Waals surface area contributed by atoms with Gasteiger partial charge in [-0.3, -0.25) is 14.6 Å². The highest BCUT2D eigenvalue weighted by molar-refractivity contribution is 7.66. The molecule has 6 atom stereocenters. The molecule has 1 fully saturated rings. The number of nitrogens with two attached hydrogens (primary N) is 1. The number of amidine groups is 1. The molecule has 22 heteroatoms. The van der Waals surface area contributed by atoms with Crippen molar-refractivity contribution in [1.29, 1.82) is 0 Å². The van der Waals surface area contributed by atoms with Crippen molar-refractivity contribution < 1.29 is 65.9 Å². The molecule has 2 heterocycles. The molecule has 0 amide bonds. The number of benzene rings is 1. The molecule has 0 saturated carbocycles. The number of para-hydroxylation sites is 1. The average molecular weight is 686 g/mol. The van der Waals surface area contributed by atoms with Gasteiger partial charge >= 0.3 is 23.5 Å². The van der Waals surface area contributed by atoms with Crippen molar-refractivity contribution in [2.45, 2.75) is 51.7 Å². The lowest BCUT2D eigenvalue weighted by Gasteiger charge is -2.33. The molecule has 1 aromatic carbocycles. The van der Waals surface area contributed by atoms with E-state index < -0.39 is 65.0 Å². The predicted molar refractivity (Wildman–Crippen MR) is 151 cm³/mol. The molecule has 0 spiro atoms. The Kier molecular flexibility index (Phi) is 11.1. The van der Waals surface area contributed by atoms with Crippen molar-refractivity contribution in [2.24, 2.45) is 16.1 Å². The van der Waals surface area contributed by atoms with Crippen LogP contribution in [0.4, 0.5) is 5.69 Å². The molecule has 2 unspecified atom stereocenters. The minimum Gasteiger partial charge on any atom is -0.390 e. The lowest BCUT2D eigenvalue weighted by atomic mass is 9.84. The number of nitro benzene ring substituents is 1. The van der Waals surface area contributed by atoms with Gasteiger partial charge in [-0.15, -0.1) is 0 Å². The van der Waals surface area contributed by atoms with E-state index in [4.69, 9.17) is 25.0 Å². The van der Waals surface area contributed by atoms with Crippen molar-refractivity contribution in [3.05, 3.63) is 64.1 Å². The summed E-state index contributed by atoms with van der Waals surface area (Å²) in [4.78, 5) is 53.0. The van der Waals surface area contributed by atoms with Gasteiger partial charge in [-0.2, -0.15) is 8.62 Å². The van der Waals surface area contributed by atoms with E-state index in [1.165, 1.54) is 17.2 Å². The molecular weight excluding hydrogens is 653 g/mol. The number of ether oxygens (including phenoxy) is 2. The molecule has 0 aromatic heterocycles. The molecule has 1 saturated heterocycles. The average Bonchev–Trinajstić information content (AvgIpc) is 3.21. The lowest BCUT2D eigenvalue weighted by Crippen LogP contribution is -2.36. The molecule has 246 valence electrons. The molecule has 0 radical (unpaired) electrons. The van der Waals surface area contributed by atoms with Gasteiger partial charge in [0.15, 0.2) is 0 Å². The first-order valence-electron chi connectivity index (χ1n) is 12.6. The zero-order valence-electron chi connectivity index (χ0n) is 23.6. The van der Waals surface area contributed by atoms with Crippen LogP contribution in [0.5, 0.6) is 0 Å². The molecule has 2 aliphatic heterocycles. The van der Waals surface area contributed by atoms with Crippen LogP contribution in [0, 0.1) is 15.5 Å². The normalized spacial score (nSPS) is 24.7. The molecule has 0 bridgehead atoms. The first-order chi connectivity index (χ1) is 20.1. The van der Waals surface area contributed by atoms with Gasteiger partial charge in [-0.05, 0) is 11.5 Å². The van der Waals surface area contributed by atoms with Crippen LogP contribution in [0.3, 0.4) is 0 Å². The molecule has 2 aliphatic rings. The topological polar surface area (TPSA) is 283 Å². The van der Waals surface area contributed by atoms with Crippen LogP contribution >= 0.6 is 23.5 Å². The molecular formula is C22H33N4O15P3. The van der Waals surface area contributed by atoms with Crippen LogP contribution in [-0.2, 0) is 36.3 Å². The monoisotopic (exact) mass is 686 g/mol. The van der Waals surface area contributed by atoms with Gasteiger partial charge in [-0.25, -0.2) is 18.7 Å². The molecule has 7 N–H and O–H groups in total. The van der Waals surface area contributed by atoms with E-state index >= 15 is 0 Å². The summed E-state index contributed by atoms with van der Waals surface area (Å²) >= 11 is 0. The first-order valence-corrected chi connectivity index (χ1v) is 17.1. The van der Waals surface area contributed by atoms with Crippen LogP contribution in [0.1, 0.15) is 38.9 Å². The van der Waals surface area contributed by atoms with E-state index in [0.29, 0.717) is 11.1 Å². The van der Waals surface area contributed by atoms with Gasteiger partial charge in [0.25, 0.3) is 5.69 Å². The Hall–Kier alpha value is -2.34. The number of aliphatic hydroxyl groups excluding tert-OH is 1. The third kappa shape index (κ3) is 9.83. The smallest absolute Gasteiger partial charge is 0.390 e. The summed E-state index contributed by atoms with van der Waals surface area (Å²) in [6, 6.07) is 6.19. The van der Waals surface area contributed by atoms with Crippen LogP contribution in [-0.4, -0.2) is 72.0 Å². The second kappa shape index (κ2) is 13.6. The number of aliphatic hydroxyl groups is 1.